The molecule has 1 unspecified atom stereocenters. The first-order chi connectivity index (χ1) is 16.0. The summed E-state index contributed by atoms with van der Waals surface area (Å²) in [5.41, 5.74) is 1.76. The average molecular weight is 451 g/mol. The van der Waals surface area contributed by atoms with Crippen molar-refractivity contribution in [2.75, 3.05) is 26.7 Å². The minimum Gasteiger partial charge on any atom is -0.497 e. The largest absolute Gasteiger partial charge is 0.497 e. The number of carbonyl (C=O) groups excluding carboxylic acids is 2. The molecule has 1 fully saturated rings. The summed E-state index contributed by atoms with van der Waals surface area (Å²) in [5, 5.41) is 0. The summed E-state index contributed by atoms with van der Waals surface area (Å²) in [5.74, 6) is -0.0757. The minimum atomic E-state index is -0.479. The third-order valence-electron chi connectivity index (χ3n) is 5.61. The van der Waals surface area contributed by atoms with E-state index < -0.39 is 6.10 Å². The molecule has 2 amide bonds. The zero-order valence-corrected chi connectivity index (χ0v) is 18.4. The SMILES string of the molecule is COc1ccc(CN2CC(OCc3ccccc3F)CN(C(=O)c3ccc[nH]3)CC2=O)cc1. The first kappa shape index (κ1) is 22.5. The number of H-pyrrole nitrogens is 1. The van der Waals surface area contributed by atoms with Crippen molar-refractivity contribution in [1.29, 1.82) is 0 Å². The Labute approximate surface area is 191 Å². The van der Waals surface area contributed by atoms with Crippen LogP contribution >= 0.6 is 0 Å². The lowest BCUT2D eigenvalue weighted by Crippen LogP contribution is -2.39. The Morgan fingerprint density at radius 2 is 1.88 bits per heavy atom. The lowest BCUT2D eigenvalue weighted by atomic mass is 10.2. The van der Waals surface area contributed by atoms with E-state index in [0.717, 1.165) is 11.3 Å². The van der Waals surface area contributed by atoms with Crippen LogP contribution in [0.25, 0.3) is 0 Å². The van der Waals surface area contributed by atoms with Crippen LogP contribution in [0.4, 0.5) is 4.39 Å². The maximum absolute atomic E-state index is 14.1. The van der Waals surface area contributed by atoms with Gasteiger partial charge in [0.15, 0.2) is 0 Å². The topological polar surface area (TPSA) is 74.9 Å². The van der Waals surface area contributed by atoms with E-state index in [-0.39, 0.29) is 43.9 Å². The van der Waals surface area contributed by atoms with E-state index in [4.69, 9.17) is 9.47 Å². The minimum absolute atomic E-state index is 0.0481. The van der Waals surface area contributed by atoms with Crippen molar-refractivity contribution in [3.63, 3.8) is 0 Å². The Morgan fingerprint density at radius 1 is 1.09 bits per heavy atom. The Balaban J connectivity index is 1.52. The first-order valence-corrected chi connectivity index (χ1v) is 10.7. The van der Waals surface area contributed by atoms with E-state index in [9.17, 15) is 14.0 Å². The van der Waals surface area contributed by atoms with Crippen molar-refractivity contribution >= 4 is 11.8 Å². The number of hydrogen-bond donors (Lipinski definition) is 1. The van der Waals surface area contributed by atoms with Crippen LogP contribution < -0.4 is 4.74 Å². The Morgan fingerprint density at radius 3 is 2.58 bits per heavy atom. The van der Waals surface area contributed by atoms with E-state index in [1.54, 1.807) is 48.5 Å². The molecule has 0 saturated carbocycles. The highest BCUT2D eigenvalue weighted by atomic mass is 19.1. The Kier molecular flexibility index (Phi) is 7.04. The molecule has 1 aliphatic rings. The quantitative estimate of drug-likeness (QED) is 0.599. The highest BCUT2D eigenvalue weighted by Crippen LogP contribution is 2.18. The van der Waals surface area contributed by atoms with Gasteiger partial charge in [-0.05, 0) is 35.9 Å². The fourth-order valence-corrected chi connectivity index (χ4v) is 3.80. The van der Waals surface area contributed by atoms with Gasteiger partial charge in [0.25, 0.3) is 5.91 Å². The molecule has 7 nitrogen and oxygen atoms in total. The second-order valence-corrected chi connectivity index (χ2v) is 7.92. The number of aromatic amines is 1. The van der Waals surface area contributed by atoms with Gasteiger partial charge in [-0.1, -0.05) is 30.3 Å². The van der Waals surface area contributed by atoms with Crippen LogP contribution in [0.2, 0.25) is 0 Å². The number of rotatable bonds is 7. The number of carbonyl (C=O) groups is 2. The van der Waals surface area contributed by atoms with Crippen molar-refractivity contribution < 1.29 is 23.5 Å². The molecule has 8 heteroatoms. The van der Waals surface area contributed by atoms with E-state index in [0.29, 0.717) is 17.8 Å². The number of halogens is 1. The van der Waals surface area contributed by atoms with Crippen LogP contribution in [-0.4, -0.2) is 59.4 Å². The van der Waals surface area contributed by atoms with E-state index >= 15 is 0 Å². The molecule has 172 valence electrons. The van der Waals surface area contributed by atoms with Crippen molar-refractivity contribution in [2.24, 2.45) is 0 Å². The zero-order chi connectivity index (χ0) is 23.2. The molecule has 1 saturated heterocycles. The molecule has 0 aliphatic carbocycles. The predicted molar refractivity (Wildman–Crippen MR) is 120 cm³/mol. The van der Waals surface area contributed by atoms with Gasteiger partial charge in [0.05, 0.1) is 19.8 Å². The van der Waals surface area contributed by atoms with Crippen LogP contribution in [0.1, 0.15) is 21.6 Å². The Bertz CT molecular complexity index is 1090. The van der Waals surface area contributed by atoms with Gasteiger partial charge in [0.2, 0.25) is 5.91 Å². The third kappa shape index (κ3) is 5.59. The van der Waals surface area contributed by atoms with Gasteiger partial charge < -0.3 is 24.3 Å². The molecule has 3 aromatic rings. The number of amides is 2. The van der Waals surface area contributed by atoms with Gasteiger partial charge in [0, 0.05) is 31.4 Å². The number of nitrogens with one attached hydrogen (secondary N) is 1. The summed E-state index contributed by atoms with van der Waals surface area (Å²) in [7, 11) is 1.60. The van der Waals surface area contributed by atoms with Gasteiger partial charge in [-0.25, -0.2) is 4.39 Å². The van der Waals surface area contributed by atoms with Gasteiger partial charge in [0.1, 0.15) is 23.8 Å². The second-order valence-electron chi connectivity index (χ2n) is 7.92. The predicted octanol–water partition coefficient (Wildman–Crippen LogP) is 3.23. The monoisotopic (exact) mass is 451 g/mol. The summed E-state index contributed by atoms with van der Waals surface area (Å²) in [6.07, 6.45) is 1.18. The third-order valence-corrected chi connectivity index (χ3v) is 5.61. The lowest BCUT2D eigenvalue weighted by Gasteiger charge is -2.25. The molecule has 33 heavy (non-hydrogen) atoms. The number of benzene rings is 2. The number of ether oxygens (including phenoxy) is 2. The summed E-state index contributed by atoms with van der Waals surface area (Å²) in [4.78, 5) is 32.1. The normalized spacial score (nSPS) is 16.5. The molecule has 0 radical (unpaired) electrons. The van der Waals surface area contributed by atoms with Gasteiger partial charge in [-0.3, -0.25) is 9.59 Å². The average Bonchev–Trinajstić information content (AvgIpc) is 3.32. The van der Waals surface area contributed by atoms with Crippen molar-refractivity contribution in [1.82, 2.24) is 14.8 Å². The molecule has 1 aliphatic heterocycles. The summed E-state index contributed by atoms with van der Waals surface area (Å²) >= 11 is 0. The van der Waals surface area contributed by atoms with Gasteiger partial charge >= 0.3 is 0 Å². The summed E-state index contributed by atoms with van der Waals surface area (Å²) in [6.45, 7) is 0.859. The number of methoxy groups -OCH3 is 1. The first-order valence-electron chi connectivity index (χ1n) is 10.7. The fourth-order valence-electron chi connectivity index (χ4n) is 3.80. The number of hydrogen-bond acceptors (Lipinski definition) is 4. The number of nitrogens with zero attached hydrogens (tertiary/aromatic N) is 2. The fraction of sp³-hybridized carbons (Fsp3) is 0.280. The molecule has 1 N–H and O–H groups in total. The lowest BCUT2D eigenvalue weighted by molar-refractivity contribution is -0.132. The smallest absolute Gasteiger partial charge is 0.270 e. The molecule has 0 bridgehead atoms. The van der Waals surface area contributed by atoms with Crippen LogP contribution in [0, 0.1) is 5.82 Å². The molecular weight excluding hydrogens is 425 g/mol. The molecule has 2 aromatic carbocycles. The summed E-state index contributed by atoms with van der Waals surface area (Å²) < 4.78 is 25.3. The van der Waals surface area contributed by atoms with Gasteiger partial charge in [-0.15, -0.1) is 0 Å². The number of aromatic nitrogens is 1. The molecule has 1 aromatic heterocycles. The van der Waals surface area contributed by atoms with E-state index in [1.807, 2.05) is 24.3 Å². The molecule has 1 atom stereocenters. The second kappa shape index (κ2) is 10.3. The van der Waals surface area contributed by atoms with Crippen LogP contribution in [-0.2, 0) is 22.7 Å². The van der Waals surface area contributed by atoms with E-state index in [2.05, 4.69) is 4.98 Å². The maximum Gasteiger partial charge on any atom is 0.270 e. The molecular formula is C25H26FN3O4. The van der Waals surface area contributed by atoms with Gasteiger partial charge in [-0.2, -0.15) is 0 Å². The van der Waals surface area contributed by atoms with Crippen LogP contribution in [0.15, 0.2) is 66.9 Å². The standard InChI is InChI=1S/C25H26FN3O4/c1-32-20-10-8-18(9-11-20)13-28-14-21(33-17-19-5-2-3-6-22(19)26)15-29(16-24(28)30)25(31)23-7-4-12-27-23/h2-12,21,27H,13-17H2,1H3. The molecule has 2 heterocycles. The van der Waals surface area contributed by atoms with Crippen LogP contribution in [0.3, 0.4) is 0 Å². The molecule has 0 spiro atoms. The van der Waals surface area contributed by atoms with E-state index in [1.165, 1.54) is 11.0 Å². The van der Waals surface area contributed by atoms with Crippen molar-refractivity contribution in [3.05, 3.63) is 89.5 Å². The van der Waals surface area contributed by atoms with Crippen molar-refractivity contribution in [3.8, 4) is 5.75 Å². The van der Waals surface area contributed by atoms with Crippen LogP contribution in [0.5, 0.6) is 5.75 Å². The summed E-state index contributed by atoms with van der Waals surface area (Å²) in [6, 6.07) is 17.3. The maximum atomic E-state index is 14.1. The highest BCUT2D eigenvalue weighted by molar-refractivity contribution is 5.95. The highest BCUT2D eigenvalue weighted by Gasteiger charge is 2.31. The zero-order valence-electron chi connectivity index (χ0n) is 18.4. The van der Waals surface area contributed by atoms with Crippen molar-refractivity contribution in [2.45, 2.75) is 19.3 Å². The Hall–Kier alpha value is -3.65. The molecule has 4 rings (SSSR count).